The molecule has 1 aromatic rings. The second kappa shape index (κ2) is 5.22. The molecular formula is C17H22F2. The molecule has 0 heterocycles. The predicted molar refractivity (Wildman–Crippen MR) is 72.9 cm³/mol. The average molecular weight is 264 g/mol. The Morgan fingerprint density at radius 3 is 2.21 bits per heavy atom. The summed E-state index contributed by atoms with van der Waals surface area (Å²) in [5.41, 5.74) is 0.870. The minimum atomic E-state index is -0.436. The van der Waals surface area contributed by atoms with Crippen molar-refractivity contribution in [2.75, 3.05) is 0 Å². The van der Waals surface area contributed by atoms with Gasteiger partial charge in [0.25, 0.3) is 0 Å². The zero-order valence-electron chi connectivity index (χ0n) is 11.5. The van der Waals surface area contributed by atoms with Crippen molar-refractivity contribution in [2.24, 2.45) is 17.8 Å². The van der Waals surface area contributed by atoms with Crippen molar-refractivity contribution in [1.29, 1.82) is 0 Å². The van der Waals surface area contributed by atoms with Crippen molar-refractivity contribution in [2.45, 2.75) is 51.4 Å². The molecule has 104 valence electrons. The number of hydrogen-bond acceptors (Lipinski definition) is 0. The highest BCUT2D eigenvalue weighted by Gasteiger charge is 2.34. The highest BCUT2D eigenvalue weighted by atomic mass is 19.1. The SMILES string of the molecule is CC1CCC2CC(c3cc(F)cc(F)c3)CCC2C1. The fraction of sp³-hybridized carbons (Fsp3) is 0.647. The van der Waals surface area contributed by atoms with Gasteiger partial charge in [0.1, 0.15) is 11.6 Å². The van der Waals surface area contributed by atoms with Crippen molar-refractivity contribution in [3.8, 4) is 0 Å². The first-order valence-corrected chi connectivity index (χ1v) is 7.58. The lowest BCUT2D eigenvalue weighted by Crippen LogP contribution is -2.29. The van der Waals surface area contributed by atoms with Crippen LogP contribution in [0.15, 0.2) is 18.2 Å². The van der Waals surface area contributed by atoms with E-state index in [4.69, 9.17) is 0 Å². The summed E-state index contributed by atoms with van der Waals surface area (Å²) in [6, 6.07) is 4.02. The van der Waals surface area contributed by atoms with Crippen molar-refractivity contribution < 1.29 is 8.78 Å². The maximum Gasteiger partial charge on any atom is 0.126 e. The second-order valence-electron chi connectivity index (χ2n) is 6.65. The van der Waals surface area contributed by atoms with E-state index in [2.05, 4.69) is 6.92 Å². The Morgan fingerprint density at radius 1 is 0.842 bits per heavy atom. The van der Waals surface area contributed by atoms with Crippen LogP contribution in [-0.2, 0) is 0 Å². The normalized spacial score (nSPS) is 34.9. The number of halogens is 2. The van der Waals surface area contributed by atoms with Crippen molar-refractivity contribution in [3.63, 3.8) is 0 Å². The van der Waals surface area contributed by atoms with Gasteiger partial charge in [-0.15, -0.1) is 0 Å². The zero-order chi connectivity index (χ0) is 13.4. The van der Waals surface area contributed by atoms with E-state index in [1.807, 2.05) is 0 Å². The van der Waals surface area contributed by atoms with E-state index < -0.39 is 11.6 Å². The van der Waals surface area contributed by atoms with Crippen molar-refractivity contribution in [3.05, 3.63) is 35.4 Å². The van der Waals surface area contributed by atoms with E-state index >= 15 is 0 Å². The zero-order valence-corrected chi connectivity index (χ0v) is 11.5. The summed E-state index contributed by atoms with van der Waals surface area (Å²) in [6.45, 7) is 2.35. The summed E-state index contributed by atoms with van der Waals surface area (Å²) in [4.78, 5) is 0. The van der Waals surface area contributed by atoms with Crippen LogP contribution >= 0.6 is 0 Å². The van der Waals surface area contributed by atoms with Crippen LogP contribution in [0.25, 0.3) is 0 Å². The quantitative estimate of drug-likeness (QED) is 0.647. The van der Waals surface area contributed by atoms with Gasteiger partial charge in [0.15, 0.2) is 0 Å². The number of hydrogen-bond donors (Lipinski definition) is 0. The molecule has 0 saturated heterocycles. The maximum atomic E-state index is 13.3. The summed E-state index contributed by atoms with van der Waals surface area (Å²) in [5.74, 6) is 1.99. The van der Waals surface area contributed by atoms with Crippen LogP contribution < -0.4 is 0 Å². The van der Waals surface area contributed by atoms with Gasteiger partial charge in [-0.3, -0.25) is 0 Å². The molecule has 0 aliphatic heterocycles. The molecule has 1 aromatic carbocycles. The first-order chi connectivity index (χ1) is 9.11. The largest absolute Gasteiger partial charge is 0.207 e. The van der Waals surface area contributed by atoms with E-state index in [9.17, 15) is 8.78 Å². The topological polar surface area (TPSA) is 0 Å². The molecule has 0 radical (unpaired) electrons. The van der Waals surface area contributed by atoms with Crippen LogP contribution in [0.2, 0.25) is 0 Å². The Hall–Kier alpha value is -0.920. The molecule has 2 saturated carbocycles. The van der Waals surface area contributed by atoms with Crippen LogP contribution in [-0.4, -0.2) is 0 Å². The van der Waals surface area contributed by atoms with Gasteiger partial charge < -0.3 is 0 Å². The molecule has 4 atom stereocenters. The third-order valence-electron chi connectivity index (χ3n) is 5.23. The number of rotatable bonds is 1. The summed E-state index contributed by atoms with van der Waals surface area (Å²) < 4.78 is 26.7. The molecule has 2 aliphatic carbocycles. The lowest BCUT2D eigenvalue weighted by Gasteiger charge is -2.41. The van der Waals surface area contributed by atoms with Gasteiger partial charge in [-0.2, -0.15) is 0 Å². The van der Waals surface area contributed by atoms with E-state index in [0.29, 0.717) is 5.92 Å². The first kappa shape index (κ1) is 13.1. The summed E-state index contributed by atoms with van der Waals surface area (Å²) in [5, 5.41) is 0. The fourth-order valence-electron chi connectivity index (χ4n) is 4.24. The standard InChI is InChI=1S/C17H22F2/c1-11-2-3-13-7-14(5-4-12(13)6-11)15-8-16(18)10-17(19)9-15/h8-14H,2-7H2,1H3. The molecule has 3 rings (SSSR count). The van der Waals surface area contributed by atoms with Crippen molar-refractivity contribution in [1.82, 2.24) is 0 Å². The average Bonchev–Trinajstić information content (AvgIpc) is 2.37. The van der Waals surface area contributed by atoms with Crippen molar-refractivity contribution >= 4 is 0 Å². The summed E-state index contributed by atoms with van der Waals surface area (Å²) >= 11 is 0. The van der Waals surface area contributed by atoms with Gasteiger partial charge in [-0.25, -0.2) is 8.78 Å². The molecule has 4 unspecified atom stereocenters. The second-order valence-corrected chi connectivity index (χ2v) is 6.65. The molecule has 0 spiro atoms. The minimum Gasteiger partial charge on any atom is -0.207 e. The van der Waals surface area contributed by atoms with E-state index in [1.54, 1.807) is 0 Å². The van der Waals surface area contributed by atoms with Gasteiger partial charge in [0, 0.05) is 6.07 Å². The van der Waals surface area contributed by atoms with Crippen LogP contribution in [0.4, 0.5) is 8.78 Å². The summed E-state index contributed by atoms with van der Waals surface area (Å²) in [6.07, 6.45) is 7.44. The van der Waals surface area contributed by atoms with E-state index in [-0.39, 0.29) is 0 Å². The minimum absolute atomic E-state index is 0.361. The van der Waals surface area contributed by atoms with E-state index in [1.165, 1.54) is 37.8 Å². The summed E-state index contributed by atoms with van der Waals surface area (Å²) in [7, 11) is 0. The first-order valence-electron chi connectivity index (χ1n) is 7.58. The highest BCUT2D eigenvalue weighted by Crippen LogP contribution is 2.47. The number of benzene rings is 1. The highest BCUT2D eigenvalue weighted by molar-refractivity contribution is 5.22. The lowest BCUT2D eigenvalue weighted by atomic mass is 9.64. The lowest BCUT2D eigenvalue weighted by molar-refractivity contribution is 0.124. The molecule has 0 aromatic heterocycles. The van der Waals surface area contributed by atoms with Crippen LogP contribution in [0.3, 0.4) is 0 Å². The Labute approximate surface area is 114 Å². The van der Waals surface area contributed by atoms with Gasteiger partial charge >= 0.3 is 0 Å². The van der Waals surface area contributed by atoms with Gasteiger partial charge in [0.2, 0.25) is 0 Å². The number of fused-ring (bicyclic) bond motifs is 1. The van der Waals surface area contributed by atoms with Crippen LogP contribution in [0.1, 0.15) is 56.9 Å². The predicted octanol–water partition coefficient (Wildman–Crippen LogP) is 5.28. The molecule has 19 heavy (non-hydrogen) atoms. The third-order valence-corrected chi connectivity index (χ3v) is 5.23. The molecule has 0 amide bonds. The van der Waals surface area contributed by atoms with Crippen LogP contribution in [0.5, 0.6) is 0 Å². The Bertz CT molecular complexity index is 434. The van der Waals surface area contributed by atoms with Gasteiger partial charge in [-0.05, 0) is 73.5 Å². The molecule has 2 heteroatoms. The maximum absolute atomic E-state index is 13.3. The molecule has 0 bridgehead atoms. The Morgan fingerprint density at radius 2 is 1.47 bits per heavy atom. The molecule has 0 N–H and O–H groups in total. The molecular weight excluding hydrogens is 242 g/mol. The third kappa shape index (κ3) is 2.82. The smallest absolute Gasteiger partial charge is 0.126 e. The molecule has 2 aliphatic rings. The molecule has 2 fully saturated rings. The monoisotopic (exact) mass is 264 g/mol. The Balaban J connectivity index is 1.74. The fourth-order valence-corrected chi connectivity index (χ4v) is 4.24. The van der Waals surface area contributed by atoms with Gasteiger partial charge in [-0.1, -0.05) is 13.3 Å². The van der Waals surface area contributed by atoms with Gasteiger partial charge in [0.05, 0.1) is 0 Å². The van der Waals surface area contributed by atoms with E-state index in [0.717, 1.165) is 42.2 Å². The van der Waals surface area contributed by atoms with Crippen LogP contribution in [0, 0.1) is 29.4 Å². The Kier molecular flexibility index (Phi) is 3.60. The molecule has 0 nitrogen and oxygen atoms in total.